The molecule has 0 unspecified atom stereocenters. The minimum absolute atomic E-state index is 0.0109. The topological polar surface area (TPSA) is 132 Å². The average Bonchev–Trinajstić information content (AvgIpc) is 3.67. The van der Waals surface area contributed by atoms with Crippen molar-refractivity contribution < 1.29 is 19.0 Å². The van der Waals surface area contributed by atoms with Crippen molar-refractivity contribution in [2.24, 2.45) is 0 Å². The van der Waals surface area contributed by atoms with Crippen LogP contribution in [0, 0.1) is 0 Å². The van der Waals surface area contributed by atoms with Gasteiger partial charge in [0.1, 0.15) is 30.1 Å². The summed E-state index contributed by atoms with van der Waals surface area (Å²) in [4.78, 5) is 35.1. The van der Waals surface area contributed by atoms with E-state index in [0.29, 0.717) is 32.4 Å². The highest BCUT2D eigenvalue weighted by molar-refractivity contribution is 6.76. The molecule has 2 fully saturated rings. The molecule has 2 aliphatic heterocycles. The Labute approximate surface area is 289 Å². The Kier molecular flexibility index (Phi) is 10.4. The highest BCUT2D eigenvalue weighted by Gasteiger charge is 2.28. The number of hydrogen-bond acceptors (Lipinski definition) is 11. The van der Waals surface area contributed by atoms with Gasteiger partial charge in [0.2, 0.25) is 5.95 Å². The maximum atomic E-state index is 12.2. The van der Waals surface area contributed by atoms with E-state index < -0.39 is 19.8 Å². The van der Waals surface area contributed by atoms with Crippen molar-refractivity contribution in [3.05, 3.63) is 49.1 Å². The molecule has 5 heterocycles. The van der Waals surface area contributed by atoms with Crippen LogP contribution < -0.4 is 20.4 Å². The van der Waals surface area contributed by atoms with E-state index >= 15 is 0 Å². The number of alkyl carbamates (subject to hydrolysis) is 1. The van der Waals surface area contributed by atoms with Gasteiger partial charge in [0.15, 0.2) is 0 Å². The van der Waals surface area contributed by atoms with Gasteiger partial charge in [-0.2, -0.15) is 0 Å². The van der Waals surface area contributed by atoms with Crippen LogP contribution in [-0.4, -0.2) is 96.3 Å². The zero-order chi connectivity index (χ0) is 34.6. The van der Waals surface area contributed by atoms with Gasteiger partial charge >= 0.3 is 6.09 Å². The number of hydrogen-bond donors (Lipinski definition) is 2. The third-order valence-corrected chi connectivity index (χ3v) is 10.2. The molecule has 0 bridgehead atoms. The Morgan fingerprint density at radius 1 is 0.980 bits per heavy atom. The Bertz CT molecular complexity index is 1710. The number of carbonyl (C=O) groups excluding carboxylic acids is 1. The summed E-state index contributed by atoms with van der Waals surface area (Å²) in [6.45, 7) is 18.2. The molecule has 0 aliphatic carbocycles. The minimum atomic E-state index is -1.22. The summed E-state index contributed by atoms with van der Waals surface area (Å²) in [5.41, 5.74) is 4.13. The molecule has 49 heavy (non-hydrogen) atoms. The van der Waals surface area contributed by atoms with E-state index in [1.54, 1.807) is 18.7 Å². The first-order valence-electron chi connectivity index (χ1n) is 17.1. The van der Waals surface area contributed by atoms with Crippen LogP contribution >= 0.6 is 0 Å². The molecule has 1 aromatic carbocycles. The van der Waals surface area contributed by atoms with Crippen molar-refractivity contribution in [3.63, 3.8) is 0 Å². The second-order valence-electron chi connectivity index (χ2n) is 14.9. The third kappa shape index (κ3) is 9.05. The van der Waals surface area contributed by atoms with Gasteiger partial charge < -0.3 is 39.2 Å². The first-order valence-corrected chi connectivity index (χ1v) is 20.8. The zero-order valence-corrected chi connectivity index (χ0v) is 30.5. The molecule has 13 nitrogen and oxygen atoms in total. The summed E-state index contributed by atoms with van der Waals surface area (Å²) in [5.74, 6) is 1.56. The number of benzene rings is 1. The highest BCUT2D eigenvalue weighted by atomic mass is 28.3. The van der Waals surface area contributed by atoms with E-state index in [4.69, 9.17) is 24.2 Å². The van der Waals surface area contributed by atoms with Gasteiger partial charge in [-0.1, -0.05) is 31.8 Å². The van der Waals surface area contributed by atoms with Crippen LogP contribution in [-0.2, 0) is 20.9 Å². The number of nitrogens with one attached hydrogen (secondary N) is 2. The smallest absolute Gasteiger partial charge is 0.407 e. The molecule has 3 aromatic heterocycles. The van der Waals surface area contributed by atoms with Gasteiger partial charge in [0, 0.05) is 46.5 Å². The number of morpholine rings is 1. The van der Waals surface area contributed by atoms with Crippen molar-refractivity contribution in [2.45, 2.75) is 71.3 Å². The lowest BCUT2D eigenvalue weighted by Crippen LogP contribution is -2.40. The first kappa shape index (κ1) is 34.6. The number of amides is 1. The molecule has 14 heteroatoms. The zero-order valence-electron chi connectivity index (χ0n) is 29.5. The first-order chi connectivity index (χ1) is 23.4. The summed E-state index contributed by atoms with van der Waals surface area (Å²) in [6, 6.07) is 11.6. The summed E-state index contributed by atoms with van der Waals surface area (Å²) in [6.07, 6.45) is 5.63. The summed E-state index contributed by atoms with van der Waals surface area (Å²) in [7, 11) is -1.22. The van der Waals surface area contributed by atoms with E-state index in [1.165, 1.54) is 0 Å². The third-order valence-electron chi connectivity index (χ3n) is 8.50. The normalized spacial score (nSPS) is 17.1. The molecule has 0 spiro atoms. The van der Waals surface area contributed by atoms with Gasteiger partial charge in [-0.05, 0) is 57.0 Å². The molecule has 6 rings (SSSR count). The molecule has 2 saturated heterocycles. The van der Waals surface area contributed by atoms with E-state index in [1.807, 2.05) is 20.8 Å². The quantitative estimate of drug-likeness (QED) is 0.145. The van der Waals surface area contributed by atoms with Crippen LogP contribution in [0.1, 0.15) is 27.2 Å². The van der Waals surface area contributed by atoms with Gasteiger partial charge in [-0.25, -0.2) is 24.7 Å². The fourth-order valence-corrected chi connectivity index (χ4v) is 6.71. The van der Waals surface area contributed by atoms with Crippen molar-refractivity contribution in [2.75, 3.05) is 61.1 Å². The predicted octanol–water partition coefficient (Wildman–Crippen LogP) is 5.88. The lowest BCUT2D eigenvalue weighted by atomic mass is 10.1. The number of carbonyl (C=O) groups is 1. The van der Waals surface area contributed by atoms with Gasteiger partial charge in [-0.15, -0.1) is 0 Å². The molecule has 0 saturated carbocycles. The summed E-state index contributed by atoms with van der Waals surface area (Å²) < 4.78 is 19.4. The van der Waals surface area contributed by atoms with E-state index in [0.717, 1.165) is 78.2 Å². The maximum absolute atomic E-state index is 12.2. The molecule has 1 atom stereocenters. The van der Waals surface area contributed by atoms with Crippen molar-refractivity contribution in [1.29, 1.82) is 0 Å². The van der Waals surface area contributed by atoms with Crippen LogP contribution in [0.4, 0.5) is 27.9 Å². The van der Waals surface area contributed by atoms with Crippen LogP contribution in [0.25, 0.3) is 22.3 Å². The number of nitrogens with zero attached hydrogens (tertiary/aromatic N) is 7. The predicted molar refractivity (Wildman–Crippen MR) is 195 cm³/mol. The monoisotopic (exact) mass is 687 g/mol. The Hall–Kier alpha value is -4.27. The van der Waals surface area contributed by atoms with Gasteiger partial charge in [0.05, 0.1) is 48.4 Å². The fourth-order valence-electron chi connectivity index (χ4n) is 5.96. The second kappa shape index (κ2) is 14.7. The lowest BCUT2D eigenvalue weighted by Gasteiger charge is -2.28. The molecular weight excluding hydrogens is 639 g/mol. The Balaban J connectivity index is 1.14. The standard InChI is InChI=1S/C35H49N9O4Si/c1-35(2,3)48-34(45)41-27-11-12-43(22-27)33-36-20-28(21-37-33)40-26-9-7-25(8-10-26)30-19-29-31(42-13-15-46-16-14-42)38-23-39-32(29)44(30)24-47-17-18-49(4,5)6/h7-10,19-21,23,27,40H,11-18,22,24H2,1-6H3,(H,41,45)/t27-/m1/s1. The number of anilines is 4. The summed E-state index contributed by atoms with van der Waals surface area (Å²) >= 11 is 0. The molecule has 0 radical (unpaired) electrons. The van der Waals surface area contributed by atoms with Crippen LogP contribution in [0.2, 0.25) is 25.7 Å². The van der Waals surface area contributed by atoms with Gasteiger partial charge in [0.25, 0.3) is 0 Å². The largest absolute Gasteiger partial charge is 0.444 e. The van der Waals surface area contributed by atoms with Crippen LogP contribution in [0.5, 0.6) is 0 Å². The molecule has 4 aromatic rings. The maximum Gasteiger partial charge on any atom is 0.407 e. The second-order valence-corrected chi connectivity index (χ2v) is 20.5. The SMILES string of the molecule is CC(C)(C)OC(=O)N[C@@H]1CCN(c2ncc(Nc3ccc(-c4cc5c(N6CCOCC6)ncnc5n4COCC[Si](C)(C)C)cc3)cn2)C1. The molecule has 2 aliphatic rings. The van der Waals surface area contributed by atoms with E-state index in [9.17, 15) is 4.79 Å². The number of ether oxygens (including phenoxy) is 3. The number of aromatic nitrogens is 5. The van der Waals surface area contributed by atoms with Crippen LogP contribution in [0.3, 0.4) is 0 Å². The van der Waals surface area contributed by atoms with Crippen molar-refractivity contribution in [3.8, 4) is 11.3 Å². The Morgan fingerprint density at radius 2 is 1.71 bits per heavy atom. The fraction of sp³-hybridized carbons (Fsp3) is 0.514. The number of fused-ring (bicyclic) bond motifs is 1. The van der Waals surface area contributed by atoms with Crippen molar-refractivity contribution in [1.82, 2.24) is 29.8 Å². The van der Waals surface area contributed by atoms with Crippen molar-refractivity contribution >= 4 is 48.3 Å². The minimum Gasteiger partial charge on any atom is -0.444 e. The molecule has 262 valence electrons. The van der Waals surface area contributed by atoms with Gasteiger partial charge in [-0.3, -0.25) is 0 Å². The number of rotatable bonds is 11. The highest BCUT2D eigenvalue weighted by Crippen LogP contribution is 2.33. The lowest BCUT2D eigenvalue weighted by molar-refractivity contribution is 0.0509. The molecule has 2 N–H and O–H groups in total. The summed E-state index contributed by atoms with van der Waals surface area (Å²) in [5, 5.41) is 7.38. The molecular formula is C35H49N9O4Si. The van der Waals surface area contributed by atoms with E-state index in [2.05, 4.69) is 84.9 Å². The Morgan fingerprint density at radius 3 is 2.41 bits per heavy atom. The average molecular weight is 688 g/mol. The molecule has 1 amide bonds. The van der Waals surface area contributed by atoms with Crippen LogP contribution in [0.15, 0.2) is 49.1 Å². The van der Waals surface area contributed by atoms with E-state index in [-0.39, 0.29) is 6.04 Å².